The van der Waals surface area contributed by atoms with Crippen LogP contribution >= 0.6 is 0 Å². The number of rotatable bonds is 6. The van der Waals surface area contributed by atoms with E-state index in [0.717, 1.165) is 5.39 Å². The van der Waals surface area contributed by atoms with Gasteiger partial charge in [0, 0.05) is 11.5 Å². The Morgan fingerprint density at radius 1 is 1.08 bits per heavy atom. The molecule has 5 rings (SSSR count). The number of hydrogen-bond acceptors (Lipinski definition) is 8. The van der Waals surface area contributed by atoms with Gasteiger partial charge in [0.05, 0.1) is 23.4 Å². The van der Waals surface area contributed by atoms with E-state index < -0.39 is 81.2 Å². The molecule has 2 bridgehead atoms. The molecule has 13 heteroatoms. The van der Waals surface area contributed by atoms with E-state index in [2.05, 4.69) is 4.74 Å². The van der Waals surface area contributed by atoms with Crippen LogP contribution in [0.5, 0.6) is 0 Å². The molecule has 1 saturated heterocycles. The molecule has 2 aliphatic carbocycles. The van der Waals surface area contributed by atoms with Crippen LogP contribution in [0.3, 0.4) is 0 Å². The number of fused-ring (bicyclic) bond motifs is 2. The zero-order chi connectivity index (χ0) is 27.8. The Balaban J connectivity index is 0.00000353. The van der Waals surface area contributed by atoms with Gasteiger partial charge in [0.1, 0.15) is 16.2 Å². The zero-order valence-corrected chi connectivity index (χ0v) is 28.6. The number of alkyl halides is 2. The number of hydrogen-bond donors (Lipinski definition) is 0. The summed E-state index contributed by atoms with van der Waals surface area (Å²) in [5, 5.41) is -3.48. The fraction of sp³-hybridized carbons (Fsp3) is 0.462. The molecule has 0 aromatic heterocycles. The van der Waals surface area contributed by atoms with E-state index in [9.17, 15) is 36.1 Å². The van der Waals surface area contributed by atoms with Gasteiger partial charge in [0.15, 0.2) is 0 Å². The number of benzene rings is 2. The summed E-state index contributed by atoms with van der Waals surface area (Å²) in [4.78, 5) is 41.5. The molecule has 2 saturated carbocycles. The minimum atomic E-state index is -6.12. The molecular weight excluding hydrogens is 791 g/mol. The van der Waals surface area contributed by atoms with E-state index in [-0.39, 0.29) is 0 Å². The molecule has 39 heavy (non-hydrogen) atoms. The van der Waals surface area contributed by atoms with E-state index in [1.165, 1.54) is 0 Å². The van der Waals surface area contributed by atoms with E-state index in [1.54, 1.807) is 49.9 Å². The first-order chi connectivity index (χ1) is 17.6. The summed E-state index contributed by atoms with van der Waals surface area (Å²) in [7, 11) is -6.12. The molecule has 206 valence electrons. The Kier molecular flexibility index (Phi) is 6.42. The van der Waals surface area contributed by atoms with Gasteiger partial charge >= 0.3 is 5.97 Å². The van der Waals surface area contributed by atoms with Crippen LogP contribution in [0.15, 0.2) is 42.5 Å². The van der Waals surface area contributed by atoms with Crippen molar-refractivity contribution in [2.24, 2.45) is 23.7 Å². The fourth-order valence-corrected chi connectivity index (χ4v) is 6.59. The van der Waals surface area contributed by atoms with Gasteiger partial charge in [-0.3, -0.25) is 9.59 Å². The third-order valence-corrected chi connectivity index (χ3v) is 8.53. The average molecular weight is 817 g/mol. The minimum absolute atomic E-state index is 0. The van der Waals surface area contributed by atoms with Crippen molar-refractivity contribution in [2.75, 3.05) is 0 Å². The van der Waals surface area contributed by atoms with Crippen molar-refractivity contribution in [3.05, 3.63) is 54.6 Å². The number of halogens is 2. The summed E-state index contributed by atoms with van der Waals surface area (Å²) in [5.41, 5.74) is -0.413. The number of carbonyl (C=O) groups excluding carboxylic acids is 3. The summed E-state index contributed by atoms with van der Waals surface area (Å²) >= 11 is 0. The van der Waals surface area contributed by atoms with Crippen LogP contribution in [0.1, 0.15) is 37.6 Å². The Morgan fingerprint density at radius 3 is 2.36 bits per heavy atom. The van der Waals surface area contributed by atoms with Gasteiger partial charge in [-0.25, -0.2) is 22.0 Å². The van der Waals surface area contributed by atoms with E-state index >= 15 is 0 Å². The monoisotopic (exact) mass is 816 g/mol. The van der Waals surface area contributed by atoms with E-state index in [4.69, 9.17) is 4.74 Å². The molecule has 0 spiro atoms. The van der Waals surface area contributed by atoms with E-state index in [1.807, 2.05) is 18.2 Å². The van der Waals surface area contributed by atoms with Gasteiger partial charge < -0.3 is 18.9 Å². The maximum atomic E-state index is 13.6. The van der Waals surface area contributed by atoms with Crippen molar-refractivity contribution in [1.82, 2.24) is 4.90 Å². The van der Waals surface area contributed by atoms with Crippen molar-refractivity contribution in [1.29, 1.82) is 0 Å². The first-order valence-corrected chi connectivity index (χ1v) is 13.4. The number of carbonyl (C=O) groups is 3. The Morgan fingerprint density at radius 2 is 1.72 bits per heavy atom. The van der Waals surface area contributed by atoms with Crippen molar-refractivity contribution in [3.8, 4) is 0 Å². The Hall–Kier alpha value is -4.12. The molecule has 9 nitrogen and oxygen atoms in total. The molecule has 3 fully saturated rings. The molecule has 0 N–H and O–H groups in total. The van der Waals surface area contributed by atoms with Crippen LogP contribution in [0.2, 0.25) is 0 Å². The third-order valence-electron chi connectivity index (χ3n) is 7.76. The van der Waals surface area contributed by atoms with Crippen LogP contribution in [0, 0.1) is 30.3 Å². The molecule has 2 aromatic carbocycles. The summed E-state index contributed by atoms with van der Waals surface area (Å²) in [6, 6.07) is 11.8. The second-order valence-corrected chi connectivity index (χ2v) is 12.4. The molecule has 2 aromatic rings. The van der Waals surface area contributed by atoms with Gasteiger partial charge in [0.2, 0.25) is 5.91 Å². The number of likely N-dealkylation sites (tertiary alicyclic amines) is 1. The Bertz CT molecular complexity index is 1440. The standard InChI is InChI=1S/C26H26F2NO8S.Rf/c1-25(2,3)29-20-16-11-17(19(18(16)22(29)30)24(32)36-12-26(27,28)38(33,34)35)21(20)37-23(31)15-10-6-8-13-7-4-5-9-14(13)15;/h4-10,12,16-21H,11H2,1-3H3,(H,33,34,35);/q-1;/p-1. The predicted molar refractivity (Wildman–Crippen MR) is 127 cm³/mol. The molecule has 0 radical (unpaired) electrons. The van der Waals surface area contributed by atoms with Crippen molar-refractivity contribution < 1.29 is 45.6 Å². The molecule has 1 amide bonds. The predicted octanol–water partition coefficient (Wildman–Crippen LogP) is 3.10. The van der Waals surface area contributed by atoms with Crippen LogP contribution in [0.25, 0.3) is 10.8 Å². The molecule has 6 unspecified atom stereocenters. The topological polar surface area (TPSA) is 130 Å². The number of nitrogens with zero attached hydrogens (tertiary/aromatic N) is 1. The summed E-state index contributed by atoms with van der Waals surface area (Å²) in [6.45, 7) is 4.78. The quantitative estimate of drug-likeness (QED) is 0.247. The first-order valence-electron chi connectivity index (χ1n) is 12.0. The van der Waals surface area contributed by atoms with Crippen LogP contribution in [-0.4, -0.2) is 58.7 Å². The average Bonchev–Trinajstić information content (AvgIpc) is 3.44. The van der Waals surface area contributed by atoms with Gasteiger partial charge in [-0.1, -0.05) is 43.0 Å². The maximum absolute atomic E-state index is 13.6. The fourth-order valence-electron chi connectivity index (χ4n) is 6.42. The summed E-state index contributed by atoms with van der Waals surface area (Å²) in [5.74, 6) is -5.64. The van der Waals surface area contributed by atoms with Gasteiger partial charge in [-0.2, -0.15) is 0 Å². The smallest absolute Gasteiger partial charge is 0.339 e. The Labute approximate surface area is 217 Å². The normalized spacial score (nSPS) is 27.9. The van der Waals surface area contributed by atoms with Crippen molar-refractivity contribution >= 4 is 38.7 Å². The van der Waals surface area contributed by atoms with Crippen molar-refractivity contribution in [2.45, 2.75) is 50.1 Å². The zero-order valence-electron chi connectivity index (χ0n) is 21.4. The second kappa shape index (κ2) is 8.98. The van der Waals surface area contributed by atoms with Gasteiger partial charge in [-0.15, -0.1) is 0 Å². The largest absolute Gasteiger partial charge is 0.746 e. The molecular formula is C26H25F2NO8RfS-2. The number of ether oxygens (including phenoxy) is 2. The SMILES string of the molecule is CC(C)(C)N1C(=O)C2C3CC(C(OC(=O)c4cccc5ccccc45)C31)C2C(=O)O[CH-]C(F)(F)S(=O)(=O)[O-].[Rf]. The third kappa shape index (κ3) is 4.26. The number of amides is 1. The van der Waals surface area contributed by atoms with Gasteiger partial charge in [-0.05, 0) is 49.9 Å². The molecule has 3 aliphatic rings. The minimum Gasteiger partial charge on any atom is -0.746 e. The molecule has 1 heterocycles. The second-order valence-electron chi connectivity index (χ2n) is 11.0. The first kappa shape index (κ1) is 27.9. The van der Waals surface area contributed by atoms with Crippen LogP contribution in [0.4, 0.5) is 8.78 Å². The molecule has 1 aliphatic heterocycles. The summed E-state index contributed by atoms with van der Waals surface area (Å²) < 4.78 is 70.1. The number of esters is 2. The van der Waals surface area contributed by atoms with Gasteiger partial charge in [0.25, 0.3) is 11.2 Å². The van der Waals surface area contributed by atoms with Crippen LogP contribution < -0.4 is 0 Å². The molecule has 6 atom stereocenters. The van der Waals surface area contributed by atoms with E-state index in [0.29, 0.717) is 17.4 Å². The van der Waals surface area contributed by atoms with Crippen LogP contribution in [-0.2, 0) is 29.2 Å². The maximum Gasteiger partial charge on any atom is 0.339 e. The van der Waals surface area contributed by atoms with Crippen molar-refractivity contribution in [3.63, 3.8) is 0 Å². The summed E-state index contributed by atoms with van der Waals surface area (Å²) in [6.07, 6.45) is -0.633.